The van der Waals surface area contributed by atoms with Gasteiger partial charge in [-0.1, -0.05) is 0 Å². The number of aromatic nitrogens is 1. The molecule has 1 N–H and O–H groups in total. The summed E-state index contributed by atoms with van der Waals surface area (Å²) in [6.07, 6.45) is 0. The summed E-state index contributed by atoms with van der Waals surface area (Å²) in [5, 5.41) is 13.0. The normalized spacial score (nSPS) is 9.69. The van der Waals surface area contributed by atoms with Crippen molar-refractivity contribution in [2.75, 3.05) is 5.32 Å². The molecule has 0 fully saturated rings. The van der Waals surface area contributed by atoms with Crippen LogP contribution in [-0.4, -0.2) is 15.8 Å². The molecule has 0 bridgehead atoms. The van der Waals surface area contributed by atoms with Crippen LogP contribution in [0.3, 0.4) is 0 Å². The number of rotatable bonds is 2. The van der Waals surface area contributed by atoms with E-state index in [1.54, 1.807) is 0 Å². The van der Waals surface area contributed by atoms with Crippen molar-refractivity contribution in [3.8, 4) is 0 Å². The molecule has 1 rings (SSSR count). The maximum Gasteiger partial charge on any atom is 0.348 e. The van der Waals surface area contributed by atoms with Gasteiger partial charge < -0.3 is 5.32 Å². The Morgan fingerprint density at radius 3 is 2.69 bits per heavy atom. The highest BCUT2D eigenvalue weighted by molar-refractivity contribution is 7.19. The summed E-state index contributed by atoms with van der Waals surface area (Å²) < 4.78 is 0. The summed E-state index contributed by atoms with van der Waals surface area (Å²) in [5.74, 6) is -0.288. The van der Waals surface area contributed by atoms with Gasteiger partial charge in [0.1, 0.15) is 5.69 Å². The fourth-order valence-corrected chi connectivity index (χ4v) is 1.59. The van der Waals surface area contributed by atoms with E-state index >= 15 is 0 Å². The third-order valence-electron chi connectivity index (χ3n) is 1.22. The minimum atomic E-state index is -0.516. The number of hydrogen-bond acceptors (Lipinski definition) is 5. The molecular weight excluding hydrogens is 194 g/mol. The molecule has 0 aliphatic carbocycles. The predicted molar refractivity (Wildman–Crippen MR) is 47.8 cm³/mol. The second-order valence-electron chi connectivity index (χ2n) is 2.35. The lowest BCUT2D eigenvalue weighted by Gasteiger charge is -1.90. The van der Waals surface area contributed by atoms with Crippen LogP contribution in [0.25, 0.3) is 0 Å². The van der Waals surface area contributed by atoms with Gasteiger partial charge in [-0.15, -0.1) is 0 Å². The second-order valence-corrected chi connectivity index (χ2v) is 3.33. The van der Waals surface area contributed by atoms with Gasteiger partial charge in [-0.25, -0.2) is 4.98 Å². The van der Waals surface area contributed by atoms with E-state index in [4.69, 9.17) is 0 Å². The molecule has 0 unspecified atom stereocenters. The van der Waals surface area contributed by atoms with Crippen LogP contribution < -0.4 is 5.32 Å². The zero-order chi connectivity index (χ0) is 10.0. The molecule has 13 heavy (non-hydrogen) atoms. The Balaban J connectivity index is 2.95. The molecule has 6 nitrogen and oxygen atoms in total. The lowest BCUT2D eigenvalue weighted by Crippen LogP contribution is -2.04. The van der Waals surface area contributed by atoms with Crippen molar-refractivity contribution in [1.29, 1.82) is 0 Å². The van der Waals surface area contributed by atoms with Crippen molar-refractivity contribution in [3.63, 3.8) is 0 Å². The number of aryl methyl sites for hydroxylation is 1. The molecule has 0 radical (unpaired) electrons. The number of anilines is 1. The highest BCUT2D eigenvalue weighted by Gasteiger charge is 2.17. The van der Waals surface area contributed by atoms with Gasteiger partial charge in [0, 0.05) is 6.92 Å². The van der Waals surface area contributed by atoms with E-state index in [2.05, 4.69) is 10.3 Å². The van der Waals surface area contributed by atoms with Crippen LogP contribution in [0.15, 0.2) is 0 Å². The second kappa shape index (κ2) is 3.48. The van der Waals surface area contributed by atoms with Crippen molar-refractivity contribution in [2.45, 2.75) is 13.8 Å². The minimum absolute atomic E-state index is 0.0382. The van der Waals surface area contributed by atoms with E-state index in [0.717, 1.165) is 11.3 Å². The summed E-state index contributed by atoms with van der Waals surface area (Å²) in [5.41, 5.74) is 0.318. The Morgan fingerprint density at radius 2 is 2.31 bits per heavy atom. The Hall–Kier alpha value is -1.50. The molecule has 1 amide bonds. The molecule has 0 spiro atoms. The van der Waals surface area contributed by atoms with Crippen molar-refractivity contribution in [2.24, 2.45) is 0 Å². The molecule has 0 aromatic carbocycles. The topological polar surface area (TPSA) is 85.1 Å². The first-order valence-corrected chi connectivity index (χ1v) is 4.21. The highest BCUT2D eigenvalue weighted by atomic mass is 32.1. The summed E-state index contributed by atoms with van der Waals surface area (Å²) in [6.45, 7) is 2.85. The summed E-state index contributed by atoms with van der Waals surface area (Å²) in [4.78, 5) is 24.3. The molecule has 1 aromatic heterocycles. The number of nitrogens with one attached hydrogen (secondary N) is 1. The van der Waals surface area contributed by atoms with Crippen molar-refractivity contribution in [1.82, 2.24) is 4.98 Å². The van der Waals surface area contributed by atoms with Gasteiger partial charge in [-0.05, 0) is 18.3 Å². The number of amides is 1. The number of carbonyl (C=O) groups is 1. The largest absolute Gasteiger partial charge is 0.348 e. The van der Waals surface area contributed by atoms with E-state index in [9.17, 15) is 14.9 Å². The van der Waals surface area contributed by atoms with Crippen LogP contribution in [0, 0.1) is 17.0 Å². The predicted octanol–water partition coefficient (Wildman–Crippen LogP) is 1.32. The number of carbonyl (C=O) groups excluding carboxylic acids is 1. The Bertz CT molecular complexity index is 360. The Morgan fingerprint density at radius 1 is 1.69 bits per heavy atom. The fraction of sp³-hybridized carbons (Fsp3) is 0.333. The standard InChI is InChI=1S/C6H7N3O3S/c1-3-5(9(11)12)13-6(7-3)8-4(2)10/h1-2H3,(H,7,8,10). The van der Waals surface area contributed by atoms with E-state index in [0.29, 0.717) is 5.69 Å². The number of thiazole rings is 1. The third-order valence-corrected chi connectivity index (χ3v) is 2.25. The first-order chi connectivity index (χ1) is 6.00. The van der Waals surface area contributed by atoms with Crippen LogP contribution in [0.4, 0.5) is 10.1 Å². The van der Waals surface area contributed by atoms with Crippen molar-refractivity contribution in [3.05, 3.63) is 15.8 Å². The van der Waals surface area contributed by atoms with Crippen molar-refractivity contribution >= 4 is 27.4 Å². The van der Waals surface area contributed by atoms with Crippen LogP contribution in [0.5, 0.6) is 0 Å². The SMILES string of the molecule is CC(=O)Nc1nc(C)c([N+](=O)[O-])s1. The van der Waals surface area contributed by atoms with Gasteiger partial charge >= 0.3 is 5.00 Å². The lowest BCUT2D eigenvalue weighted by molar-refractivity contribution is -0.380. The Kier molecular flexibility index (Phi) is 2.57. The summed E-state index contributed by atoms with van der Waals surface area (Å²) in [7, 11) is 0. The van der Waals surface area contributed by atoms with Gasteiger partial charge in [0.05, 0.1) is 4.92 Å². The zero-order valence-electron chi connectivity index (χ0n) is 7.03. The molecule has 0 aliphatic rings. The molecule has 1 heterocycles. The van der Waals surface area contributed by atoms with Gasteiger partial charge in [-0.3, -0.25) is 14.9 Å². The van der Waals surface area contributed by atoms with E-state index in [1.807, 2.05) is 0 Å². The van der Waals surface area contributed by atoms with Gasteiger partial charge in [0.2, 0.25) is 5.91 Å². The smallest absolute Gasteiger partial charge is 0.302 e. The zero-order valence-corrected chi connectivity index (χ0v) is 7.84. The van der Waals surface area contributed by atoms with E-state index < -0.39 is 4.92 Å². The van der Waals surface area contributed by atoms with Crippen LogP contribution >= 0.6 is 11.3 Å². The number of nitro groups is 1. The fourth-order valence-electron chi connectivity index (χ4n) is 0.762. The average molecular weight is 201 g/mol. The van der Waals surface area contributed by atoms with Crippen LogP contribution in [0.1, 0.15) is 12.6 Å². The first kappa shape index (κ1) is 9.59. The van der Waals surface area contributed by atoms with Crippen LogP contribution in [0.2, 0.25) is 0 Å². The third kappa shape index (κ3) is 2.22. The lowest BCUT2D eigenvalue weighted by atomic mass is 10.5. The van der Waals surface area contributed by atoms with Gasteiger partial charge in [-0.2, -0.15) is 0 Å². The maximum absolute atomic E-state index is 10.6. The van der Waals surface area contributed by atoms with E-state index in [-0.39, 0.29) is 16.0 Å². The maximum atomic E-state index is 10.6. The van der Waals surface area contributed by atoms with E-state index in [1.165, 1.54) is 13.8 Å². The van der Waals surface area contributed by atoms with Crippen LogP contribution in [-0.2, 0) is 4.79 Å². The Labute approximate surface area is 77.8 Å². The minimum Gasteiger partial charge on any atom is -0.302 e. The molecule has 0 aliphatic heterocycles. The molecule has 70 valence electrons. The molecule has 0 saturated heterocycles. The van der Waals surface area contributed by atoms with Gasteiger partial charge in [0.25, 0.3) is 0 Å². The summed E-state index contributed by atoms with van der Waals surface area (Å²) >= 11 is 0.854. The summed E-state index contributed by atoms with van der Waals surface area (Å²) in [6, 6.07) is 0. The quantitative estimate of drug-likeness (QED) is 0.577. The molecule has 0 saturated carbocycles. The van der Waals surface area contributed by atoms with Crippen molar-refractivity contribution < 1.29 is 9.72 Å². The van der Waals surface area contributed by atoms with Gasteiger partial charge in [0.15, 0.2) is 5.13 Å². The average Bonchev–Trinajstić information content (AvgIpc) is 2.29. The first-order valence-electron chi connectivity index (χ1n) is 3.40. The molecule has 7 heteroatoms. The molecular formula is C6H7N3O3S. The highest BCUT2D eigenvalue weighted by Crippen LogP contribution is 2.29. The number of nitrogens with zero attached hydrogens (tertiary/aromatic N) is 2. The monoisotopic (exact) mass is 201 g/mol. The molecule has 1 aromatic rings. The molecule has 0 atom stereocenters. The number of hydrogen-bond donors (Lipinski definition) is 1.